The van der Waals surface area contributed by atoms with E-state index in [0.29, 0.717) is 60.6 Å². The van der Waals surface area contributed by atoms with E-state index in [1.54, 1.807) is 19.2 Å². The number of phenolic OH excluding ortho intramolecular Hbond substituents is 1. The fourth-order valence-corrected chi connectivity index (χ4v) is 5.83. The number of nitrogens with one attached hydrogen (secondary N) is 1. The number of fused-ring (bicyclic) bond motifs is 6. The first-order valence-electron chi connectivity index (χ1n) is 14.2. The minimum absolute atomic E-state index is 0.0307. The summed E-state index contributed by atoms with van der Waals surface area (Å²) >= 11 is 6.42. The van der Waals surface area contributed by atoms with Gasteiger partial charge in [0.15, 0.2) is 11.5 Å². The Morgan fingerprint density at radius 1 is 1.07 bits per heavy atom. The van der Waals surface area contributed by atoms with Gasteiger partial charge in [0.2, 0.25) is 5.91 Å². The van der Waals surface area contributed by atoms with Gasteiger partial charge in [0.1, 0.15) is 17.2 Å². The predicted octanol–water partition coefficient (Wildman–Crippen LogP) is 6.08. The van der Waals surface area contributed by atoms with E-state index in [9.17, 15) is 14.7 Å². The van der Waals surface area contributed by atoms with Crippen LogP contribution in [0.15, 0.2) is 78.9 Å². The van der Waals surface area contributed by atoms with Crippen molar-refractivity contribution in [2.24, 2.45) is 0 Å². The van der Waals surface area contributed by atoms with Crippen molar-refractivity contribution in [3.63, 3.8) is 0 Å². The lowest BCUT2D eigenvalue weighted by atomic mass is 9.87. The van der Waals surface area contributed by atoms with Crippen molar-refractivity contribution in [2.45, 2.75) is 25.3 Å². The first-order valence-corrected chi connectivity index (χ1v) is 14.5. The molecule has 220 valence electrons. The summed E-state index contributed by atoms with van der Waals surface area (Å²) in [6.07, 6.45) is 1.33. The molecule has 0 aromatic heterocycles. The normalized spacial score (nSPS) is 16.3. The highest BCUT2D eigenvalue weighted by Gasteiger charge is 2.33. The zero-order valence-electron chi connectivity index (χ0n) is 23.6. The quantitative estimate of drug-likeness (QED) is 0.297. The molecule has 0 spiro atoms. The fraction of sp³-hybridized carbons (Fsp3) is 0.235. The van der Waals surface area contributed by atoms with Crippen LogP contribution >= 0.6 is 11.6 Å². The van der Waals surface area contributed by atoms with E-state index in [2.05, 4.69) is 5.32 Å². The zero-order valence-corrected chi connectivity index (χ0v) is 24.4. The molecule has 9 heteroatoms. The minimum Gasteiger partial charge on any atom is -0.507 e. The molecule has 43 heavy (non-hydrogen) atoms. The Morgan fingerprint density at radius 3 is 2.72 bits per heavy atom. The van der Waals surface area contributed by atoms with Crippen LogP contribution in [0.5, 0.6) is 28.7 Å². The van der Waals surface area contributed by atoms with E-state index in [1.807, 2.05) is 59.5 Å². The van der Waals surface area contributed by atoms with Gasteiger partial charge in [-0.3, -0.25) is 9.59 Å². The molecule has 0 saturated heterocycles. The molecule has 0 fully saturated rings. The average Bonchev–Trinajstić information content (AvgIpc) is 3.01. The van der Waals surface area contributed by atoms with Crippen LogP contribution in [0.1, 0.15) is 45.1 Å². The third-order valence-electron chi connectivity index (χ3n) is 7.78. The van der Waals surface area contributed by atoms with E-state index in [1.165, 1.54) is 12.1 Å². The van der Waals surface area contributed by atoms with Gasteiger partial charge in [0, 0.05) is 18.1 Å². The number of halogens is 1. The Morgan fingerprint density at radius 2 is 1.88 bits per heavy atom. The maximum absolute atomic E-state index is 13.9. The smallest absolute Gasteiger partial charge is 0.255 e. The summed E-state index contributed by atoms with van der Waals surface area (Å²) in [4.78, 5) is 28.6. The molecule has 7 rings (SSSR count). The number of hydrogen-bond donors (Lipinski definition) is 2. The van der Waals surface area contributed by atoms with Crippen molar-refractivity contribution in [3.05, 3.63) is 112 Å². The second kappa shape index (κ2) is 12.3. The number of phenols is 1. The highest BCUT2D eigenvalue weighted by Crippen LogP contribution is 2.41. The minimum atomic E-state index is -0.404. The molecule has 0 radical (unpaired) electrons. The first kappa shape index (κ1) is 28.4. The Kier molecular flexibility index (Phi) is 8.11. The second-order valence-corrected chi connectivity index (χ2v) is 10.9. The molecule has 8 bridgehead atoms. The van der Waals surface area contributed by atoms with Crippen molar-refractivity contribution in [2.75, 3.05) is 26.8 Å². The molecule has 2 amide bonds. The van der Waals surface area contributed by atoms with Gasteiger partial charge in [-0.1, -0.05) is 41.9 Å². The Bertz CT molecular complexity index is 1690. The van der Waals surface area contributed by atoms with Crippen LogP contribution < -0.4 is 19.5 Å². The maximum atomic E-state index is 13.9. The number of hydrogen-bond acceptors (Lipinski definition) is 6. The standard InChI is InChI=1S/C34H31ClN2O6/c1-41-30-12-7-23-18-31(30)42-16-4-14-36-34(40)27-20-25(9-11-29(27)38)43-24-8-10-26-21(17-24)13-15-37(33(23)26)32(39)19-22-5-2-3-6-28(22)35/h2-3,5-12,17-18,20,33,38H,4,13-16,19H2,1H3,(H,36,40). The van der Waals surface area contributed by atoms with E-state index >= 15 is 0 Å². The van der Waals surface area contributed by atoms with Crippen molar-refractivity contribution < 1.29 is 28.9 Å². The van der Waals surface area contributed by atoms with Crippen molar-refractivity contribution >= 4 is 23.4 Å². The van der Waals surface area contributed by atoms with E-state index in [0.717, 1.165) is 22.3 Å². The van der Waals surface area contributed by atoms with Crippen LogP contribution in [0.2, 0.25) is 5.02 Å². The van der Waals surface area contributed by atoms with Crippen LogP contribution in [0.3, 0.4) is 0 Å². The molecule has 3 heterocycles. The summed E-state index contributed by atoms with van der Waals surface area (Å²) in [6.45, 7) is 1.15. The van der Waals surface area contributed by atoms with E-state index in [4.69, 9.17) is 25.8 Å². The van der Waals surface area contributed by atoms with Crippen LogP contribution in [0.25, 0.3) is 0 Å². The molecule has 2 N–H and O–H groups in total. The number of amides is 2. The van der Waals surface area contributed by atoms with Crippen LogP contribution in [0.4, 0.5) is 0 Å². The van der Waals surface area contributed by atoms with Gasteiger partial charge < -0.3 is 29.5 Å². The number of aromatic hydroxyl groups is 1. The molecule has 1 atom stereocenters. The van der Waals surface area contributed by atoms with Gasteiger partial charge in [-0.05, 0) is 83.6 Å². The van der Waals surface area contributed by atoms with Crippen LogP contribution in [-0.4, -0.2) is 48.6 Å². The van der Waals surface area contributed by atoms with Crippen LogP contribution in [0, 0.1) is 0 Å². The zero-order chi connectivity index (χ0) is 29.9. The van der Waals surface area contributed by atoms with Crippen LogP contribution in [-0.2, 0) is 17.6 Å². The number of ether oxygens (including phenoxy) is 3. The highest BCUT2D eigenvalue weighted by atomic mass is 35.5. The van der Waals surface area contributed by atoms with Gasteiger partial charge in [-0.15, -0.1) is 0 Å². The molecule has 4 aromatic rings. The summed E-state index contributed by atoms with van der Waals surface area (Å²) in [5.41, 5.74) is 3.81. The third kappa shape index (κ3) is 5.96. The Balaban J connectivity index is 1.43. The third-order valence-corrected chi connectivity index (χ3v) is 8.15. The molecular formula is C34H31ClN2O6. The van der Waals surface area contributed by atoms with Crippen molar-refractivity contribution in [1.82, 2.24) is 10.2 Å². The first-order chi connectivity index (χ1) is 20.9. The number of nitrogens with zero attached hydrogens (tertiary/aromatic N) is 1. The summed E-state index contributed by atoms with van der Waals surface area (Å²) < 4.78 is 17.8. The Hall–Kier alpha value is -4.69. The van der Waals surface area contributed by atoms with E-state index in [-0.39, 0.29) is 29.7 Å². The number of benzene rings is 4. The second-order valence-electron chi connectivity index (χ2n) is 10.5. The van der Waals surface area contributed by atoms with Gasteiger partial charge >= 0.3 is 0 Å². The number of carbonyl (C=O) groups is 2. The Labute approximate surface area is 254 Å². The van der Waals surface area contributed by atoms with Crippen molar-refractivity contribution in [1.29, 1.82) is 0 Å². The lowest BCUT2D eigenvalue weighted by Crippen LogP contribution is -2.41. The topological polar surface area (TPSA) is 97.3 Å². The fourth-order valence-electron chi connectivity index (χ4n) is 5.63. The highest BCUT2D eigenvalue weighted by molar-refractivity contribution is 6.31. The maximum Gasteiger partial charge on any atom is 0.255 e. The predicted molar refractivity (Wildman–Crippen MR) is 162 cm³/mol. The van der Waals surface area contributed by atoms with Gasteiger partial charge in [-0.25, -0.2) is 0 Å². The number of methoxy groups -OCH3 is 1. The average molecular weight is 599 g/mol. The molecular weight excluding hydrogens is 568 g/mol. The molecule has 4 aromatic carbocycles. The lowest BCUT2D eigenvalue weighted by Gasteiger charge is -2.38. The molecule has 3 aliphatic heterocycles. The largest absolute Gasteiger partial charge is 0.507 e. The lowest BCUT2D eigenvalue weighted by molar-refractivity contribution is -0.132. The summed E-state index contributed by atoms with van der Waals surface area (Å²) in [7, 11) is 1.58. The molecule has 0 aliphatic carbocycles. The van der Waals surface area contributed by atoms with Gasteiger partial charge in [0.05, 0.1) is 31.7 Å². The summed E-state index contributed by atoms with van der Waals surface area (Å²) in [5.74, 6) is 1.56. The SMILES string of the molecule is COc1ccc2cc1OCCCNC(=O)c1cc(ccc1O)Oc1ccc3c(c1)CCN(C(=O)Cc1ccccc1Cl)C23. The molecule has 8 nitrogen and oxygen atoms in total. The van der Waals surface area contributed by atoms with E-state index < -0.39 is 5.91 Å². The van der Waals surface area contributed by atoms with Crippen molar-refractivity contribution in [3.8, 4) is 28.7 Å². The monoisotopic (exact) mass is 598 g/mol. The summed E-state index contributed by atoms with van der Waals surface area (Å²) in [6, 6.07) is 23.1. The number of rotatable bonds is 3. The molecule has 1 unspecified atom stereocenters. The van der Waals surface area contributed by atoms with Gasteiger partial charge in [0.25, 0.3) is 5.91 Å². The van der Waals surface area contributed by atoms with Gasteiger partial charge in [-0.2, -0.15) is 0 Å². The molecule has 0 saturated carbocycles. The molecule has 3 aliphatic rings. The number of carbonyl (C=O) groups excluding carboxylic acids is 2. The summed E-state index contributed by atoms with van der Waals surface area (Å²) in [5, 5.41) is 13.7.